The third kappa shape index (κ3) is 3.74. The highest BCUT2D eigenvalue weighted by Crippen LogP contribution is 2.14. The summed E-state index contributed by atoms with van der Waals surface area (Å²) >= 11 is 0. The van der Waals surface area contributed by atoms with Crippen LogP contribution in [0.5, 0.6) is 0 Å². The van der Waals surface area contributed by atoms with Gasteiger partial charge in [0.15, 0.2) is 0 Å². The van der Waals surface area contributed by atoms with Crippen molar-refractivity contribution >= 4 is 12.0 Å². The largest absolute Gasteiger partial charge is 0.459 e. The molecule has 0 N–H and O–H groups in total. The maximum Gasteiger partial charge on any atom is 0.349 e. The number of nitriles is 1. The van der Waals surface area contributed by atoms with Crippen molar-refractivity contribution in [3.05, 3.63) is 41.0 Å². The number of nitrogens with zero attached hydrogens (tertiary/aromatic N) is 1. The number of ether oxygens (including phenoxy) is 1. The van der Waals surface area contributed by atoms with E-state index in [9.17, 15) is 4.79 Å². The lowest BCUT2D eigenvalue weighted by Crippen LogP contribution is -2.12. The molecule has 0 aromatic heterocycles. The van der Waals surface area contributed by atoms with Gasteiger partial charge < -0.3 is 4.74 Å². The lowest BCUT2D eigenvalue weighted by Gasteiger charge is -2.07. The van der Waals surface area contributed by atoms with E-state index in [0.717, 1.165) is 17.5 Å². The number of hydrogen-bond donors (Lipinski definition) is 0. The average molecular weight is 243 g/mol. The molecule has 1 aromatic rings. The molecule has 0 unspecified atom stereocenters. The fraction of sp³-hybridized carbons (Fsp3) is 0.333. The Hall–Kier alpha value is -2.08. The third-order valence-electron chi connectivity index (χ3n) is 2.42. The molecule has 3 nitrogen and oxygen atoms in total. The van der Waals surface area contributed by atoms with Crippen LogP contribution >= 0.6 is 0 Å². The molecule has 0 amide bonds. The van der Waals surface area contributed by atoms with Gasteiger partial charge in [0.05, 0.1) is 6.10 Å². The first kappa shape index (κ1) is 14.0. The second-order valence-electron chi connectivity index (χ2n) is 4.18. The third-order valence-corrected chi connectivity index (χ3v) is 2.42. The zero-order chi connectivity index (χ0) is 13.5. The van der Waals surface area contributed by atoms with Crippen LogP contribution in [0.3, 0.4) is 0 Å². The van der Waals surface area contributed by atoms with Gasteiger partial charge in [-0.2, -0.15) is 5.26 Å². The van der Waals surface area contributed by atoms with Crippen LogP contribution in [-0.2, 0) is 16.0 Å². The van der Waals surface area contributed by atoms with Crippen molar-refractivity contribution in [2.45, 2.75) is 33.3 Å². The fourth-order valence-corrected chi connectivity index (χ4v) is 1.57. The van der Waals surface area contributed by atoms with Crippen molar-refractivity contribution in [2.75, 3.05) is 0 Å². The minimum Gasteiger partial charge on any atom is -0.459 e. The van der Waals surface area contributed by atoms with Crippen LogP contribution in [0, 0.1) is 11.3 Å². The Kier molecular flexibility index (Phi) is 5.13. The van der Waals surface area contributed by atoms with Crippen molar-refractivity contribution in [3.63, 3.8) is 0 Å². The van der Waals surface area contributed by atoms with Crippen molar-refractivity contribution in [1.82, 2.24) is 0 Å². The summed E-state index contributed by atoms with van der Waals surface area (Å²) in [4.78, 5) is 11.7. The SMILES string of the molecule is CCc1ccccc1C=C(C#N)C(=O)OC(C)C. The van der Waals surface area contributed by atoms with E-state index in [1.807, 2.05) is 37.3 Å². The van der Waals surface area contributed by atoms with Crippen LogP contribution < -0.4 is 0 Å². The van der Waals surface area contributed by atoms with Crippen LogP contribution in [0.1, 0.15) is 31.9 Å². The Morgan fingerprint density at radius 1 is 1.44 bits per heavy atom. The van der Waals surface area contributed by atoms with E-state index in [2.05, 4.69) is 0 Å². The summed E-state index contributed by atoms with van der Waals surface area (Å²) in [7, 11) is 0. The van der Waals surface area contributed by atoms with Gasteiger partial charge in [0.2, 0.25) is 0 Å². The molecule has 0 aliphatic rings. The van der Waals surface area contributed by atoms with Crippen LogP contribution in [0.4, 0.5) is 0 Å². The van der Waals surface area contributed by atoms with E-state index >= 15 is 0 Å². The number of carbonyl (C=O) groups is 1. The first-order chi connectivity index (χ1) is 8.58. The number of esters is 1. The summed E-state index contributed by atoms with van der Waals surface area (Å²) in [6.45, 7) is 5.55. The number of carbonyl (C=O) groups excluding carboxylic acids is 1. The lowest BCUT2D eigenvalue weighted by atomic mass is 10.0. The number of hydrogen-bond acceptors (Lipinski definition) is 3. The molecule has 0 saturated carbocycles. The van der Waals surface area contributed by atoms with Gasteiger partial charge in [0, 0.05) is 0 Å². The summed E-state index contributed by atoms with van der Waals surface area (Å²) < 4.78 is 5.02. The Bertz CT molecular complexity index is 495. The van der Waals surface area contributed by atoms with Crippen LogP contribution in [0.2, 0.25) is 0 Å². The molecule has 0 heterocycles. The van der Waals surface area contributed by atoms with Gasteiger partial charge in [-0.15, -0.1) is 0 Å². The standard InChI is InChI=1S/C15H17NO2/c1-4-12-7-5-6-8-13(12)9-14(10-16)15(17)18-11(2)3/h5-9,11H,4H2,1-3H3. The second-order valence-corrected chi connectivity index (χ2v) is 4.18. The van der Waals surface area contributed by atoms with Gasteiger partial charge in [-0.25, -0.2) is 4.79 Å². The molecule has 3 heteroatoms. The van der Waals surface area contributed by atoms with Gasteiger partial charge in [0.25, 0.3) is 0 Å². The van der Waals surface area contributed by atoms with Crippen molar-refractivity contribution in [2.24, 2.45) is 0 Å². The second kappa shape index (κ2) is 6.61. The first-order valence-electron chi connectivity index (χ1n) is 5.99. The molecular formula is C15H17NO2. The van der Waals surface area contributed by atoms with Gasteiger partial charge in [0.1, 0.15) is 11.6 Å². The first-order valence-corrected chi connectivity index (χ1v) is 5.99. The lowest BCUT2D eigenvalue weighted by molar-refractivity contribution is -0.142. The molecule has 0 atom stereocenters. The van der Waals surface area contributed by atoms with Crippen molar-refractivity contribution < 1.29 is 9.53 Å². The highest BCUT2D eigenvalue weighted by Gasteiger charge is 2.12. The van der Waals surface area contributed by atoms with E-state index in [1.165, 1.54) is 0 Å². The highest BCUT2D eigenvalue weighted by molar-refractivity contribution is 5.98. The molecule has 18 heavy (non-hydrogen) atoms. The maximum atomic E-state index is 11.7. The van der Waals surface area contributed by atoms with Crippen molar-refractivity contribution in [1.29, 1.82) is 5.26 Å². The Morgan fingerprint density at radius 3 is 2.67 bits per heavy atom. The molecule has 0 fully saturated rings. The van der Waals surface area contributed by atoms with Gasteiger partial charge in [-0.05, 0) is 37.5 Å². The Morgan fingerprint density at radius 2 is 2.11 bits per heavy atom. The van der Waals surface area contributed by atoms with E-state index in [-0.39, 0.29) is 11.7 Å². The van der Waals surface area contributed by atoms with Gasteiger partial charge >= 0.3 is 5.97 Å². The summed E-state index contributed by atoms with van der Waals surface area (Å²) in [6.07, 6.45) is 2.21. The molecule has 94 valence electrons. The molecule has 0 aliphatic carbocycles. The highest BCUT2D eigenvalue weighted by atomic mass is 16.5. The Balaban J connectivity index is 3.05. The van der Waals surface area contributed by atoms with Gasteiger partial charge in [-0.3, -0.25) is 0 Å². The fourth-order valence-electron chi connectivity index (χ4n) is 1.57. The normalized spacial score (nSPS) is 11.2. The predicted octanol–water partition coefficient (Wildman–Crippen LogP) is 3.11. The molecule has 0 saturated heterocycles. The van der Waals surface area contributed by atoms with Crippen molar-refractivity contribution in [3.8, 4) is 6.07 Å². The topological polar surface area (TPSA) is 50.1 Å². The van der Waals surface area contributed by atoms with E-state index in [0.29, 0.717) is 0 Å². The van der Waals surface area contributed by atoms with Crippen LogP contribution in [0.15, 0.2) is 29.8 Å². The molecule has 0 bridgehead atoms. The van der Waals surface area contributed by atoms with Crippen LogP contribution in [-0.4, -0.2) is 12.1 Å². The molecular weight excluding hydrogens is 226 g/mol. The smallest absolute Gasteiger partial charge is 0.349 e. The Labute approximate surface area is 108 Å². The minimum absolute atomic E-state index is 0.0320. The van der Waals surface area contributed by atoms with E-state index in [4.69, 9.17) is 10.00 Å². The number of benzene rings is 1. The zero-order valence-corrected chi connectivity index (χ0v) is 10.9. The summed E-state index contributed by atoms with van der Waals surface area (Å²) in [6, 6.07) is 9.58. The molecule has 0 radical (unpaired) electrons. The number of aryl methyl sites for hydroxylation is 1. The molecule has 0 aliphatic heterocycles. The van der Waals surface area contributed by atoms with Crippen LogP contribution in [0.25, 0.3) is 6.08 Å². The van der Waals surface area contributed by atoms with E-state index in [1.54, 1.807) is 19.9 Å². The number of rotatable bonds is 4. The van der Waals surface area contributed by atoms with E-state index < -0.39 is 5.97 Å². The summed E-state index contributed by atoms with van der Waals surface area (Å²) in [5.74, 6) is -0.571. The summed E-state index contributed by atoms with van der Waals surface area (Å²) in [5.41, 5.74) is 2.02. The monoisotopic (exact) mass is 243 g/mol. The average Bonchev–Trinajstić information content (AvgIpc) is 2.35. The predicted molar refractivity (Wildman–Crippen MR) is 70.6 cm³/mol. The minimum atomic E-state index is -0.571. The van der Waals surface area contributed by atoms with Gasteiger partial charge in [-0.1, -0.05) is 31.2 Å². The molecule has 1 aromatic carbocycles. The molecule has 1 rings (SSSR count). The zero-order valence-electron chi connectivity index (χ0n) is 10.9. The molecule has 0 spiro atoms. The quantitative estimate of drug-likeness (QED) is 0.464. The maximum absolute atomic E-state index is 11.7. The summed E-state index contributed by atoms with van der Waals surface area (Å²) in [5, 5.41) is 9.02.